The van der Waals surface area contributed by atoms with Crippen molar-refractivity contribution < 1.29 is 9.90 Å². The number of nitrogens with zero attached hydrogens (tertiary/aromatic N) is 2. The predicted octanol–water partition coefficient (Wildman–Crippen LogP) is 6.20. The molecule has 0 atom stereocenters. The number of hydrogen-bond acceptors (Lipinski definition) is 3. The molecule has 0 aliphatic carbocycles. The van der Waals surface area contributed by atoms with E-state index in [4.69, 9.17) is 4.98 Å². The van der Waals surface area contributed by atoms with Gasteiger partial charge >= 0.3 is 0 Å². The number of aromatic nitrogens is 2. The number of phenols is 1. The molecule has 0 saturated heterocycles. The maximum atomic E-state index is 13.9. The fourth-order valence-corrected chi connectivity index (χ4v) is 4.00. The molecule has 0 amide bonds. The Morgan fingerprint density at radius 2 is 1.24 bits per heavy atom. The Balaban J connectivity index is 1.79. The van der Waals surface area contributed by atoms with Gasteiger partial charge in [-0.25, -0.2) is 4.98 Å². The van der Waals surface area contributed by atoms with Crippen molar-refractivity contribution in [3.05, 3.63) is 132 Å². The Bertz CT molecular complexity index is 1390. The third-order valence-electron chi connectivity index (χ3n) is 5.59. The number of carbonyl (C=O) groups is 1. The van der Waals surface area contributed by atoms with Crippen molar-refractivity contribution in [2.45, 2.75) is 6.54 Å². The number of rotatable bonds is 6. The molecule has 0 aliphatic rings. The zero-order valence-corrected chi connectivity index (χ0v) is 17.9. The first-order valence-corrected chi connectivity index (χ1v) is 10.8. The molecule has 0 aliphatic heterocycles. The van der Waals surface area contributed by atoms with Crippen molar-refractivity contribution >= 4 is 5.78 Å². The smallest absolute Gasteiger partial charge is 0.215 e. The Morgan fingerprint density at radius 3 is 1.88 bits per heavy atom. The minimum Gasteiger partial charge on any atom is -0.507 e. The second-order valence-corrected chi connectivity index (χ2v) is 7.78. The van der Waals surface area contributed by atoms with Gasteiger partial charge in [-0.05, 0) is 17.7 Å². The van der Waals surface area contributed by atoms with E-state index in [9.17, 15) is 9.90 Å². The highest BCUT2D eigenvalue weighted by Gasteiger charge is 2.27. The van der Waals surface area contributed by atoms with Gasteiger partial charge in [-0.15, -0.1) is 0 Å². The molecule has 0 radical (unpaired) electrons. The molecule has 0 bridgehead atoms. The molecule has 5 rings (SSSR count). The molecule has 4 heteroatoms. The van der Waals surface area contributed by atoms with Gasteiger partial charge in [0.1, 0.15) is 23.0 Å². The molecule has 0 spiro atoms. The summed E-state index contributed by atoms with van der Waals surface area (Å²) < 4.78 is 1.96. The van der Waals surface area contributed by atoms with Gasteiger partial charge in [-0.1, -0.05) is 103 Å². The maximum absolute atomic E-state index is 13.9. The van der Waals surface area contributed by atoms with Crippen LogP contribution in [0.4, 0.5) is 0 Å². The van der Waals surface area contributed by atoms with Gasteiger partial charge in [0.25, 0.3) is 0 Å². The summed E-state index contributed by atoms with van der Waals surface area (Å²) in [7, 11) is 0. The quantitative estimate of drug-likeness (QED) is 0.326. The first kappa shape index (κ1) is 20.5. The van der Waals surface area contributed by atoms with Crippen LogP contribution in [0.25, 0.3) is 22.6 Å². The van der Waals surface area contributed by atoms with Crippen LogP contribution in [0.1, 0.15) is 21.6 Å². The SMILES string of the molecule is O=C(c1ccccc1O)c1c(-c2ccccc2)nc(-c2ccccc2)n1Cc1ccccc1. The van der Waals surface area contributed by atoms with Crippen molar-refractivity contribution in [3.63, 3.8) is 0 Å². The number of phenolic OH excluding ortho intramolecular Hbond substituents is 1. The number of carbonyl (C=O) groups excluding carboxylic acids is 1. The van der Waals surface area contributed by atoms with Crippen molar-refractivity contribution in [3.8, 4) is 28.4 Å². The van der Waals surface area contributed by atoms with Crippen LogP contribution in [0, 0.1) is 0 Å². The minimum atomic E-state index is -0.266. The molecule has 5 aromatic rings. The number of ketones is 1. The van der Waals surface area contributed by atoms with Crippen molar-refractivity contribution in [1.82, 2.24) is 9.55 Å². The first-order valence-electron chi connectivity index (χ1n) is 10.8. The number of aromatic hydroxyl groups is 1. The van der Waals surface area contributed by atoms with E-state index in [0.717, 1.165) is 16.7 Å². The van der Waals surface area contributed by atoms with Gasteiger partial charge in [-0.2, -0.15) is 0 Å². The fourth-order valence-electron chi connectivity index (χ4n) is 4.00. The van der Waals surface area contributed by atoms with E-state index in [1.165, 1.54) is 6.07 Å². The van der Waals surface area contributed by atoms with Gasteiger partial charge < -0.3 is 9.67 Å². The second-order valence-electron chi connectivity index (χ2n) is 7.78. The molecule has 1 aromatic heterocycles. The van der Waals surface area contributed by atoms with Crippen molar-refractivity contribution in [1.29, 1.82) is 0 Å². The zero-order chi connectivity index (χ0) is 22.6. The van der Waals surface area contributed by atoms with Crippen molar-refractivity contribution in [2.24, 2.45) is 0 Å². The zero-order valence-electron chi connectivity index (χ0n) is 17.9. The molecule has 160 valence electrons. The molecule has 4 nitrogen and oxygen atoms in total. The van der Waals surface area contributed by atoms with Gasteiger partial charge in [0.15, 0.2) is 0 Å². The molecule has 0 fully saturated rings. The number of imidazole rings is 1. The Morgan fingerprint density at radius 1 is 0.697 bits per heavy atom. The normalized spacial score (nSPS) is 10.8. The average molecular weight is 431 g/mol. The van der Waals surface area contributed by atoms with Crippen LogP contribution in [0.3, 0.4) is 0 Å². The molecular formula is C29H22N2O2. The topological polar surface area (TPSA) is 55.1 Å². The number of para-hydroxylation sites is 1. The van der Waals surface area contributed by atoms with E-state index in [1.807, 2.05) is 95.6 Å². The largest absolute Gasteiger partial charge is 0.507 e. The highest BCUT2D eigenvalue weighted by molar-refractivity contribution is 6.13. The summed E-state index contributed by atoms with van der Waals surface area (Å²) in [5.74, 6) is 0.393. The molecule has 4 aromatic carbocycles. The van der Waals surface area contributed by atoms with E-state index in [2.05, 4.69) is 0 Å². The van der Waals surface area contributed by atoms with Gasteiger partial charge in [-0.3, -0.25) is 4.79 Å². The molecule has 0 saturated carbocycles. The van der Waals surface area contributed by atoms with E-state index >= 15 is 0 Å². The monoisotopic (exact) mass is 430 g/mol. The lowest BCUT2D eigenvalue weighted by molar-refractivity contribution is 0.102. The Hall–Kier alpha value is -4.44. The van der Waals surface area contributed by atoms with Crippen LogP contribution in [-0.2, 0) is 6.54 Å². The van der Waals surface area contributed by atoms with Crippen LogP contribution in [0.5, 0.6) is 5.75 Å². The summed E-state index contributed by atoms with van der Waals surface area (Å²) in [6.07, 6.45) is 0. The highest BCUT2D eigenvalue weighted by atomic mass is 16.3. The Labute approximate surface area is 192 Å². The predicted molar refractivity (Wildman–Crippen MR) is 130 cm³/mol. The van der Waals surface area contributed by atoms with Gasteiger partial charge in [0, 0.05) is 17.7 Å². The fraction of sp³-hybridized carbons (Fsp3) is 0.0345. The van der Waals surface area contributed by atoms with Crippen LogP contribution in [-0.4, -0.2) is 20.4 Å². The summed E-state index contributed by atoms with van der Waals surface area (Å²) in [5, 5.41) is 10.5. The van der Waals surface area contributed by atoms with Gasteiger partial charge in [0.05, 0.1) is 5.56 Å². The lowest BCUT2D eigenvalue weighted by Gasteiger charge is -2.13. The third kappa shape index (κ3) is 4.06. The van der Waals surface area contributed by atoms with Crippen molar-refractivity contribution in [2.75, 3.05) is 0 Å². The molecule has 1 N–H and O–H groups in total. The van der Waals surface area contributed by atoms with Crippen LogP contribution in [0.2, 0.25) is 0 Å². The molecule has 1 heterocycles. The summed E-state index contributed by atoms with van der Waals surface area (Å²) in [6.45, 7) is 0.472. The lowest BCUT2D eigenvalue weighted by atomic mass is 10.0. The average Bonchev–Trinajstić information content (AvgIpc) is 3.24. The highest BCUT2D eigenvalue weighted by Crippen LogP contribution is 2.33. The molecule has 33 heavy (non-hydrogen) atoms. The number of hydrogen-bond donors (Lipinski definition) is 1. The van der Waals surface area contributed by atoms with Crippen LogP contribution < -0.4 is 0 Å². The first-order chi connectivity index (χ1) is 16.2. The van der Waals surface area contributed by atoms with Crippen LogP contribution in [0.15, 0.2) is 115 Å². The lowest BCUT2D eigenvalue weighted by Crippen LogP contribution is -2.13. The van der Waals surface area contributed by atoms with E-state index in [1.54, 1.807) is 18.2 Å². The van der Waals surface area contributed by atoms with E-state index < -0.39 is 0 Å². The third-order valence-corrected chi connectivity index (χ3v) is 5.59. The molecule has 0 unspecified atom stereocenters. The number of benzene rings is 4. The van der Waals surface area contributed by atoms with E-state index in [0.29, 0.717) is 23.8 Å². The standard InChI is InChI=1S/C29H22N2O2/c32-25-19-11-10-18-24(25)28(33)27-26(22-14-6-2-7-15-22)30-29(23-16-8-3-9-17-23)31(27)20-21-12-4-1-5-13-21/h1-19,32H,20H2. The minimum absolute atomic E-state index is 0.0461. The van der Waals surface area contributed by atoms with Gasteiger partial charge in [0.2, 0.25) is 5.78 Å². The summed E-state index contributed by atoms with van der Waals surface area (Å²) in [5.41, 5.74) is 4.12. The summed E-state index contributed by atoms with van der Waals surface area (Å²) in [6, 6.07) is 36.2. The second kappa shape index (κ2) is 8.97. The Kier molecular flexibility index (Phi) is 5.56. The van der Waals surface area contributed by atoms with E-state index in [-0.39, 0.29) is 17.1 Å². The summed E-state index contributed by atoms with van der Waals surface area (Å²) >= 11 is 0. The van der Waals surface area contributed by atoms with Crippen LogP contribution >= 0.6 is 0 Å². The summed E-state index contributed by atoms with van der Waals surface area (Å²) in [4.78, 5) is 18.9. The maximum Gasteiger partial charge on any atom is 0.215 e. The molecular weight excluding hydrogens is 408 g/mol.